The number of hydrogen-bond acceptors (Lipinski definition) is 4. The van der Waals surface area contributed by atoms with Crippen molar-refractivity contribution in [3.05, 3.63) is 95.1 Å². The van der Waals surface area contributed by atoms with Crippen LogP contribution in [0.2, 0.25) is 0 Å². The molecule has 0 saturated heterocycles. The predicted octanol–water partition coefficient (Wildman–Crippen LogP) is 4.89. The van der Waals surface area contributed by atoms with Crippen LogP contribution in [0, 0.1) is 13.8 Å². The number of carbonyl (C=O) groups excluding carboxylic acids is 1. The molecule has 0 aromatic heterocycles. The van der Waals surface area contributed by atoms with Crippen LogP contribution in [-0.2, 0) is 0 Å². The highest BCUT2D eigenvalue weighted by molar-refractivity contribution is 5.97. The zero-order valence-electron chi connectivity index (χ0n) is 20.0. The zero-order chi connectivity index (χ0) is 24.5. The summed E-state index contributed by atoms with van der Waals surface area (Å²) in [7, 11) is 0. The lowest BCUT2D eigenvalue weighted by atomic mass is 10.0. The summed E-state index contributed by atoms with van der Waals surface area (Å²) in [6, 6.07) is 23.2. The fourth-order valence-corrected chi connectivity index (χ4v) is 2.62. The molecule has 0 radical (unpaired) electrons. The summed E-state index contributed by atoms with van der Waals surface area (Å²) in [5, 5.41) is 3.66. The van der Waals surface area contributed by atoms with E-state index >= 15 is 0 Å². The first-order valence-corrected chi connectivity index (χ1v) is 10.7. The highest BCUT2D eigenvalue weighted by Gasteiger charge is 2.03. The molecule has 3 aromatic carbocycles. The van der Waals surface area contributed by atoms with Gasteiger partial charge < -0.3 is 11.5 Å². The topological polar surface area (TPSA) is 120 Å². The van der Waals surface area contributed by atoms with Crippen molar-refractivity contribution >= 4 is 11.7 Å². The van der Waals surface area contributed by atoms with Crippen LogP contribution in [0.25, 0.3) is 11.1 Å². The van der Waals surface area contributed by atoms with Crippen LogP contribution in [-0.4, -0.2) is 11.7 Å². The lowest BCUT2D eigenvalue weighted by Gasteiger charge is -2.04. The van der Waals surface area contributed by atoms with Crippen LogP contribution in [0.3, 0.4) is 0 Å². The lowest BCUT2D eigenvalue weighted by molar-refractivity contribution is 0.100. The van der Waals surface area contributed by atoms with Crippen LogP contribution < -0.4 is 22.8 Å². The molecule has 3 rings (SSSR count). The third kappa shape index (κ3) is 9.91. The highest BCUT2D eigenvalue weighted by Crippen LogP contribution is 2.21. The molecule has 7 N–H and O–H groups in total. The monoisotopic (exact) mass is 435 g/mol. The number of rotatable bonds is 4. The summed E-state index contributed by atoms with van der Waals surface area (Å²) < 4.78 is 0. The number of nitrogens with two attached hydrogens (primary N) is 3. The van der Waals surface area contributed by atoms with E-state index < -0.39 is 5.91 Å². The Labute approximate surface area is 192 Å². The molecule has 3 aromatic rings. The van der Waals surface area contributed by atoms with E-state index in [0.717, 1.165) is 22.3 Å². The fraction of sp³-hybridized carbons (Fsp3) is 0.231. The van der Waals surface area contributed by atoms with Crippen molar-refractivity contribution in [2.24, 2.45) is 22.4 Å². The Morgan fingerprint density at radius 1 is 0.719 bits per heavy atom. The van der Waals surface area contributed by atoms with E-state index in [1.807, 2.05) is 102 Å². The molecule has 6 heteroatoms. The van der Waals surface area contributed by atoms with E-state index in [1.165, 1.54) is 5.56 Å². The summed E-state index contributed by atoms with van der Waals surface area (Å²) >= 11 is 0. The van der Waals surface area contributed by atoms with Gasteiger partial charge in [-0.3, -0.25) is 4.79 Å². The largest absolute Gasteiger partial charge is 0.382 e. The minimum Gasteiger partial charge on any atom is -0.382 e. The number of nitrogens with zero attached hydrogens (tertiary/aromatic N) is 1. The number of benzene rings is 3. The van der Waals surface area contributed by atoms with E-state index in [1.54, 1.807) is 6.07 Å². The first-order chi connectivity index (χ1) is 15.4. The second-order valence-corrected chi connectivity index (χ2v) is 6.31. The molecule has 172 valence electrons. The van der Waals surface area contributed by atoms with Gasteiger partial charge in [-0.2, -0.15) is 0 Å². The average Bonchev–Trinajstić information content (AvgIpc) is 2.82. The molecule has 0 aliphatic heterocycles. The van der Waals surface area contributed by atoms with Gasteiger partial charge in [-0.1, -0.05) is 93.4 Å². The molecule has 0 heterocycles. The van der Waals surface area contributed by atoms with Crippen molar-refractivity contribution in [1.29, 1.82) is 0 Å². The third-order valence-electron chi connectivity index (χ3n) is 4.00. The fourth-order valence-electron chi connectivity index (χ4n) is 2.62. The maximum atomic E-state index is 11.1. The van der Waals surface area contributed by atoms with Gasteiger partial charge in [0.05, 0.1) is 0 Å². The predicted molar refractivity (Wildman–Crippen MR) is 137 cm³/mol. The van der Waals surface area contributed by atoms with E-state index in [-0.39, 0.29) is 0 Å². The Morgan fingerprint density at radius 2 is 1.19 bits per heavy atom. The number of aryl methyl sites for hydroxylation is 2. The summed E-state index contributed by atoms with van der Waals surface area (Å²) in [5.41, 5.74) is 18.8. The van der Waals surface area contributed by atoms with Gasteiger partial charge in [0.2, 0.25) is 5.91 Å². The molecule has 0 aliphatic carbocycles. The van der Waals surface area contributed by atoms with Gasteiger partial charge in [0, 0.05) is 11.1 Å². The van der Waals surface area contributed by atoms with E-state index in [0.29, 0.717) is 11.4 Å². The summed E-state index contributed by atoms with van der Waals surface area (Å²) in [6.07, 6.45) is 0. The second kappa shape index (κ2) is 16.1. The van der Waals surface area contributed by atoms with Crippen molar-refractivity contribution in [3.63, 3.8) is 0 Å². The Bertz CT molecular complexity index is 983. The molecule has 0 atom stereocenters. The highest BCUT2D eigenvalue weighted by atomic mass is 16.1. The van der Waals surface area contributed by atoms with Crippen LogP contribution in [0.15, 0.2) is 77.9 Å². The van der Waals surface area contributed by atoms with Crippen LogP contribution in [0.5, 0.6) is 0 Å². The van der Waals surface area contributed by atoms with Gasteiger partial charge in [0.1, 0.15) is 0 Å². The molecule has 1 amide bonds. The van der Waals surface area contributed by atoms with Crippen molar-refractivity contribution in [2.75, 3.05) is 0 Å². The minimum absolute atomic E-state index is 0.390. The minimum atomic E-state index is -0.394. The average molecular weight is 436 g/mol. The standard InChI is InChI=1S/C14H13NO.C8H12N4.2C2H6/c1-10-4-2-5-11(8-10)12-6-3-7-13(9-12)14(15)16;1-6-3-2-4-7(5-6)8(9)11-12-10;2*1-2/h2-9H,1H3,(H2,15,16);2-5,12H,10H2,1H3,(H2,9,11);2*1-2H3. The molecule has 0 spiro atoms. The summed E-state index contributed by atoms with van der Waals surface area (Å²) in [4.78, 5) is 11.1. The quantitative estimate of drug-likeness (QED) is 0.202. The maximum absolute atomic E-state index is 11.1. The number of carbonyl (C=O) groups is 1. The van der Waals surface area contributed by atoms with Gasteiger partial charge >= 0.3 is 0 Å². The zero-order valence-corrected chi connectivity index (χ0v) is 20.0. The molecule has 0 unspecified atom stereocenters. The summed E-state index contributed by atoms with van der Waals surface area (Å²) in [5.74, 6) is 4.98. The normalized spacial score (nSPS) is 9.66. The Hall–Kier alpha value is -3.64. The second-order valence-electron chi connectivity index (χ2n) is 6.31. The first-order valence-electron chi connectivity index (χ1n) is 10.7. The molecule has 0 bridgehead atoms. The number of hydrazone groups is 1. The molecule has 0 fully saturated rings. The third-order valence-corrected chi connectivity index (χ3v) is 4.00. The van der Waals surface area contributed by atoms with Gasteiger partial charge in [0.15, 0.2) is 5.84 Å². The van der Waals surface area contributed by atoms with Crippen LogP contribution in [0.4, 0.5) is 0 Å². The van der Waals surface area contributed by atoms with Gasteiger partial charge in [0.25, 0.3) is 0 Å². The van der Waals surface area contributed by atoms with E-state index in [2.05, 4.69) is 16.7 Å². The number of nitrogens with one attached hydrogen (secondary N) is 1. The summed E-state index contributed by atoms with van der Waals surface area (Å²) in [6.45, 7) is 12.0. The molecule has 32 heavy (non-hydrogen) atoms. The number of primary amides is 1. The Kier molecular flexibility index (Phi) is 14.3. The maximum Gasteiger partial charge on any atom is 0.248 e. The van der Waals surface area contributed by atoms with Gasteiger partial charge in [-0.25, -0.2) is 11.4 Å². The molecular weight excluding hydrogens is 398 g/mol. The van der Waals surface area contributed by atoms with Crippen molar-refractivity contribution in [3.8, 4) is 11.1 Å². The Balaban J connectivity index is 0.000000536. The van der Waals surface area contributed by atoms with Crippen molar-refractivity contribution in [2.45, 2.75) is 41.5 Å². The van der Waals surface area contributed by atoms with E-state index in [9.17, 15) is 4.79 Å². The molecule has 0 aliphatic rings. The smallest absolute Gasteiger partial charge is 0.248 e. The van der Waals surface area contributed by atoms with E-state index in [4.69, 9.17) is 17.3 Å². The molecule has 0 saturated carbocycles. The number of amides is 1. The van der Waals surface area contributed by atoms with Crippen molar-refractivity contribution < 1.29 is 4.79 Å². The number of hydrazine groups is 1. The van der Waals surface area contributed by atoms with Gasteiger partial charge in [-0.15, -0.1) is 5.10 Å². The van der Waals surface area contributed by atoms with Crippen molar-refractivity contribution in [1.82, 2.24) is 5.53 Å². The SMILES string of the molecule is CC.CC.Cc1cccc(-c2cccc(C(N)=O)c2)c1.Cc1cccc(/C(N)=N/NN)c1. The molecular formula is C26H37N5O. The first kappa shape index (κ1) is 28.4. The number of hydrogen-bond donors (Lipinski definition) is 4. The lowest BCUT2D eigenvalue weighted by Crippen LogP contribution is -2.22. The molecule has 6 nitrogen and oxygen atoms in total. The van der Waals surface area contributed by atoms with Gasteiger partial charge in [-0.05, 0) is 43.2 Å². The van der Waals surface area contributed by atoms with Crippen LogP contribution in [0.1, 0.15) is 54.7 Å². The number of amidine groups is 1. The van der Waals surface area contributed by atoms with Crippen LogP contribution >= 0.6 is 0 Å². The Morgan fingerprint density at radius 3 is 1.69 bits per heavy atom.